The Bertz CT molecular complexity index is 1120. The summed E-state index contributed by atoms with van der Waals surface area (Å²) in [7, 11) is -5.12. The van der Waals surface area contributed by atoms with Crippen LogP contribution in [0.4, 0.5) is 0 Å². The van der Waals surface area contributed by atoms with Gasteiger partial charge >= 0.3 is 19.8 Å². The molecule has 6 N–H and O–H groups in total. The Morgan fingerprint density at radius 1 is 0.640 bits per heavy atom. The Kier molecular flexibility index (Phi) is 24.8. The maximum Gasteiger partial charge on any atom is 0.472 e. The molecule has 1 aliphatic carbocycles. The second-order valence-corrected chi connectivity index (χ2v) is 13.5. The molecule has 1 saturated carbocycles. The van der Waals surface area contributed by atoms with Gasteiger partial charge in [-0.05, 0) is 44.9 Å². The molecule has 13 nitrogen and oxygen atoms in total. The maximum absolute atomic E-state index is 12.7. The minimum Gasteiger partial charge on any atom is -0.462 e. The number of carbonyl (C=O) groups is 2. The zero-order valence-corrected chi connectivity index (χ0v) is 30.3. The first kappa shape index (κ1) is 45.6. The second-order valence-electron chi connectivity index (χ2n) is 12.1. The van der Waals surface area contributed by atoms with Gasteiger partial charge in [-0.1, -0.05) is 100 Å². The van der Waals surface area contributed by atoms with E-state index in [-0.39, 0.29) is 12.8 Å². The molecular weight excluding hydrogens is 671 g/mol. The number of aliphatic hydroxyl groups is 5. The predicted octanol–water partition coefficient (Wildman–Crippen LogP) is 4.65. The Hall–Kier alpha value is -2.45. The summed E-state index contributed by atoms with van der Waals surface area (Å²) < 4.78 is 33.1. The molecule has 7 unspecified atom stereocenters. The van der Waals surface area contributed by atoms with Crippen LogP contribution in [0.5, 0.6) is 0 Å². The summed E-state index contributed by atoms with van der Waals surface area (Å²) in [5, 5.41) is 49.8. The summed E-state index contributed by atoms with van der Waals surface area (Å²) in [6.45, 7) is 2.97. The van der Waals surface area contributed by atoms with Crippen LogP contribution in [0.15, 0.2) is 60.8 Å². The number of hydrogen-bond donors (Lipinski definition) is 6. The van der Waals surface area contributed by atoms with Crippen LogP contribution in [0.3, 0.4) is 0 Å². The van der Waals surface area contributed by atoms with E-state index in [1.54, 1.807) is 0 Å². The molecule has 1 fully saturated rings. The van der Waals surface area contributed by atoms with Crippen molar-refractivity contribution in [3.8, 4) is 0 Å². The first-order valence-corrected chi connectivity index (χ1v) is 19.1. The monoisotopic (exact) mass is 730 g/mol. The van der Waals surface area contributed by atoms with E-state index < -0.39 is 75.7 Å². The quantitative estimate of drug-likeness (QED) is 0.0236. The van der Waals surface area contributed by atoms with Gasteiger partial charge < -0.3 is 39.9 Å². The standard InChI is InChI=1S/C36H59O13P/c1-3-5-7-9-11-13-14-15-16-17-19-21-23-25-30(38)48-28(26-46-29(37)24-22-20-18-12-10-8-6-4-2)27-47-50(44,45)49-36-34(42)32(40)31(39)33(41)35(36)43/h5,7,9,11,13-16,18,20,28,31-36,39-43H,3-4,6,8,10,12,17,19,21-27H2,1-2H3,(H,44,45)/b7-5+,11-9+,14-13+,16-15+,20-18+/t28?,31?,32-,33?,34?,35?,36?/m1/s1. The van der Waals surface area contributed by atoms with Crippen LogP contribution >= 0.6 is 7.82 Å². The van der Waals surface area contributed by atoms with Crippen molar-refractivity contribution in [2.45, 2.75) is 140 Å². The molecular formula is C36H59O13P. The summed E-state index contributed by atoms with van der Waals surface area (Å²) in [6, 6.07) is 0. The van der Waals surface area contributed by atoms with E-state index >= 15 is 0 Å². The number of aliphatic hydroxyl groups excluding tert-OH is 5. The molecule has 0 radical (unpaired) electrons. The van der Waals surface area contributed by atoms with Crippen LogP contribution in [-0.2, 0) is 32.7 Å². The summed E-state index contributed by atoms with van der Waals surface area (Å²) in [4.78, 5) is 35.2. The van der Waals surface area contributed by atoms with Crippen LogP contribution in [0.25, 0.3) is 0 Å². The molecule has 0 amide bonds. The van der Waals surface area contributed by atoms with E-state index in [4.69, 9.17) is 18.5 Å². The predicted molar refractivity (Wildman–Crippen MR) is 189 cm³/mol. The summed E-state index contributed by atoms with van der Waals surface area (Å²) in [5.41, 5.74) is 0. The Morgan fingerprint density at radius 2 is 1.20 bits per heavy atom. The van der Waals surface area contributed by atoms with Crippen LogP contribution in [0.2, 0.25) is 0 Å². The fourth-order valence-corrected chi connectivity index (χ4v) is 5.75. The number of allylic oxidation sites excluding steroid dienone is 10. The SMILES string of the molecule is CC/C=C/C=C/C=C/C=C/CCCCCC(=O)OC(COC(=O)CC/C=C/CCCCCC)COP(=O)(O)OC1C(O)C(O)C(O)[C@@H](O)C1O. The van der Waals surface area contributed by atoms with Gasteiger partial charge in [0.15, 0.2) is 6.10 Å². The molecule has 8 atom stereocenters. The van der Waals surface area contributed by atoms with Crippen molar-refractivity contribution >= 4 is 19.8 Å². The van der Waals surface area contributed by atoms with Gasteiger partial charge in [-0.2, -0.15) is 0 Å². The van der Waals surface area contributed by atoms with Crippen molar-refractivity contribution in [2.75, 3.05) is 13.2 Å². The maximum atomic E-state index is 12.7. The highest BCUT2D eigenvalue weighted by molar-refractivity contribution is 7.47. The summed E-state index contributed by atoms with van der Waals surface area (Å²) in [6.07, 6.45) is 16.3. The molecule has 0 aromatic rings. The lowest BCUT2D eigenvalue weighted by Gasteiger charge is -2.41. The average Bonchev–Trinajstić information content (AvgIpc) is 3.09. The van der Waals surface area contributed by atoms with Gasteiger partial charge in [0.25, 0.3) is 0 Å². The van der Waals surface area contributed by atoms with Crippen molar-refractivity contribution < 1.29 is 63.1 Å². The smallest absolute Gasteiger partial charge is 0.462 e. The van der Waals surface area contributed by atoms with Gasteiger partial charge in [0, 0.05) is 12.8 Å². The molecule has 0 bridgehead atoms. The molecule has 50 heavy (non-hydrogen) atoms. The number of carbonyl (C=O) groups excluding carboxylic acids is 2. The van der Waals surface area contributed by atoms with Gasteiger partial charge in [0.1, 0.15) is 43.2 Å². The minimum absolute atomic E-state index is 0.0407. The van der Waals surface area contributed by atoms with E-state index in [0.717, 1.165) is 51.4 Å². The fourth-order valence-electron chi connectivity index (χ4n) is 4.78. The molecule has 0 aromatic carbocycles. The lowest BCUT2D eigenvalue weighted by atomic mass is 9.85. The highest BCUT2D eigenvalue weighted by Gasteiger charge is 2.51. The van der Waals surface area contributed by atoms with Gasteiger partial charge in [-0.15, -0.1) is 0 Å². The zero-order valence-electron chi connectivity index (χ0n) is 29.4. The molecule has 14 heteroatoms. The molecule has 0 saturated heterocycles. The topological polar surface area (TPSA) is 210 Å². The first-order chi connectivity index (χ1) is 23.9. The van der Waals surface area contributed by atoms with E-state index in [2.05, 4.69) is 19.9 Å². The third kappa shape index (κ3) is 20.4. The van der Waals surface area contributed by atoms with Gasteiger partial charge in [-0.25, -0.2) is 4.57 Å². The molecule has 1 aliphatic rings. The normalized spacial score (nSPS) is 24.9. The number of rotatable bonds is 26. The molecule has 0 heterocycles. The molecule has 0 aliphatic heterocycles. The Morgan fingerprint density at radius 3 is 1.84 bits per heavy atom. The van der Waals surface area contributed by atoms with Crippen LogP contribution in [-0.4, -0.2) is 98.3 Å². The van der Waals surface area contributed by atoms with Crippen molar-refractivity contribution in [1.29, 1.82) is 0 Å². The van der Waals surface area contributed by atoms with Crippen molar-refractivity contribution in [3.05, 3.63) is 60.8 Å². The molecule has 286 valence electrons. The lowest BCUT2D eigenvalue weighted by molar-refractivity contribution is -0.220. The Labute approximate surface area is 296 Å². The number of hydrogen-bond acceptors (Lipinski definition) is 12. The number of unbranched alkanes of at least 4 members (excludes halogenated alkanes) is 7. The van der Waals surface area contributed by atoms with E-state index in [0.29, 0.717) is 12.8 Å². The molecule has 0 spiro atoms. The number of phosphoric acid groups is 1. The van der Waals surface area contributed by atoms with Crippen molar-refractivity contribution in [3.63, 3.8) is 0 Å². The Balaban J connectivity index is 2.65. The highest BCUT2D eigenvalue weighted by Crippen LogP contribution is 2.47. The molecule has 0 aromatic heterocycles. The first-order valence-electron chi connectivity index (χ1n) is 17.6. The molecule has 1 rings (SSSR count). The fraction of sp³-hybridized carbons (Fsp3) is 0.667. The lowest BCUT2D eigenvalue weighted by Crippen LogP contribution is -2.64. The van der Waals surface area contributed by atoms with E-state index in [1.807, 2.05) is 54.7 Å². The third-order valence-electron chi connectivity index (χ3n) is 7.70. The average molecular weight is 731 g/mol. The minimum atomic E-state index is -5.12. The van der Waals surface area contributed by atoms with Gasteiger partial charge in [-0.3, -0.25) is 18.6 Å². The second kappa shape index (κ2) is 27.2. The van der Waals surface area contributed by atoms with Crippen molar-refractivity contribution in [1.82, 2.24) is 0 Å². The van der Waals surface area contributed by atoms with E-state index in [1.165, 1.54) is 6.42 Å². The third-order valence-corrected chi connectivity index (χ3v) is 8.69. The van der Waals surface area contributed by atoms with Crippen LogP contribution in [0, 0.1) is 0 Å². The number of esters is 2. The van der Waals surface area contributed by atoms with Gasteiger partial charge in [0.2, 0.25) is 0 Å². The largest absolute Gasteiger partial charge is 0.472 e. The summed E-state index contributed by atoms with van der Waals surface area (Å²) >= 11 is 0. The highest BCUT2D eigenvalue weighted by atomic mass is 31.2. The number of ether oxygens (including phenoxy) is 2. The van der Waals surface area contributed by atoms with Crippen LogP contribution in [0.1, 0.15) is 97.3 Å². The number of phosphoric ester groups is 1. The zero-order chi connectivity index (χ0) is 37.2. The van der Waals surface area contributed by atoms with Gasteiger partial charge in [0.05, 0.1) is 6.61 Å². The van der Waals surface area contributed by atoms with Crippen LogP contribution < -0.4 is 0 Å². The van der Waals surface area contributed by atoms with Crippen molar-refractivity contribution in [2.24, 2.45) is 0 Å². The summed E-state index contributed by atoms with van der Waals surface area (Å²) in [5.74, 6) is -1.22. The van der Waals surface area contributed by atoms with E-state index in [9.17, 15) is 44.6 Å².